The first-order valence-electron chi connectivity index (χ1n) is 8.24. The first-order valence-corrected chi connectivity index (χ1v) is 8.24. The van der Waals surface area contributed by atoms with Crippen molar-refractivity contribution in [2.45, 2.75) is 6.92 Å². The average molecular weight is 394 g/mol. The topological polar surface area (TPSA) is 137 Å². The zero-order chi connectivity index (χ0) is 20.8. The summed E-state index contributed by atoms with van der Waals surface area (Å²) in [6, 6.07) is 10.0. The molecule has 146 valence electrons. The number of aromatic nitrogens is 1. The lowest BCUT2D eigenvalue weighted by Gasteiger charge is -2.04. The molecule has 10 heteroatoms. The molecule has 0 aliphatic heterocycles. The molecule has 0 unspecified atom stereocenters. The third kappa shape index (κ3) is 4.89. The van der Waals surface area contributed by atoms with Crippen molar-refractivity contribution in [2.75, 3.05) is 0 Å². The number of furan rings is 1. The van der Waals surface area contributed by atoms with Gasteiger partial charge in [0.05, 0.1) is 23.0 Å². The Bertz CT molecular complexity index is 1070. The van der Waals surface area contributed by atoms with Crippen LogP contribution < -0.4 is 10.2 Å². The minimum atomic E-state index is -0.863. The smallest absolute Gasteiger partial charge is 0.379 e. The number of amides is 1. The molecule has 2 aromatic heterocycles. The van der Waals surface area contributed by atoms with Crippen molar-refractivity contribution in [3.63, 3.8) is 0 Å². The number of carbonyl (C=O) groups excluding carboxylic acids is 2. The number of pyridine rings is 1. The molecule has 2 heterocycles. The van der Waals surface area contributed by atoms with Gasteiger partial charge in [-0.05, 0) is 43.3 Å². The number of nitro groups is 1. The molecule has 1 amide bonds. The fourth-order valence-electron chi connectivity index (χ4n) is 2.22. The van der Waals surface area contributed by atoms with Crippen LogP contribution in [0.15, 0.2) is 64.4 Å². The quantitative estimate of drug-likeness (QED) is 0.223. The molecule has 0 saturated heterocycles. The first kappa shape index (κ1) is 19.4. The van der Waals surface area contributed by atoms with E-state index in [9.17, 15) is 19.7 Å². The highest BCUT2D eigenvalue weighted by Crippen LogP contribution is 2.28. The largest absolute Gasteiger partial charge is 0.457 e. The third-order valence-corrected chi connectivity index (χ3v) is 3.66. The van der Waals surface area contributed by atoms with E-state index in [-0.39, 0.29) is 11.5 Å². The normalized spacial score (nSPS) is 10.7. The lowest BCUT2D eigenvalue weighted by molar-refractivity contribution is -0.385. The van der Waals surface area contributed by atoms with Crippen molar-refractivity contribution in [3.05, 3.63) is 87.6 Å². The van der Waals surface area contributed by atoms with Gasteiger partial charge in [-0.2, -0.15) is 5.10 Å². The number of esters is 1. The third-order valence-electron chi connectivity index (χ3n) is 3.66. The Balaban J connectivity index is 1.71. The van der Waals surface area contributed by atoms with E-state index in [0.717, 1.165) is 11.8 Å². The summed E-state index contributed by atoms with van der Waals surface area (Å²) >= 11 is 0. The second-order valence-electron chi connectivity index (χ2n) is 5.74. The van der Waals surface area contributed by atoms with Gasteiger partial charge >= 0.3 is 11.7 Å². The number of aryl methyl sites for hydroxylation is 1. The van der Waals surface area contributed by atoms with Crippen LogP contribution in [0.2, 0.25) is 0 Å². The van der Waals surface area contributed by atoms with E-state index in [1.807, 2.05) is 0 Å². The molecule has 29 heavy (non-hydrogen) atoms. The molecular weight excluding hydrogens is 380 g/mol. The van der Waals surface area contributed by atoms with Crippen LogP contribution in [0, 0.1) is 17.0 Å². The summed E-state index contributed by atoms with van der Waals surface area (Å²) in [6.07, 6.45) is 3.92. The van der Waals surface area contributed by atoms with Crippen LogP contribution in [-0.2, 0) is 0 Å². The highest BCUT2D eigenvalue weighted by atomic mass is 16.6. The summed E-state index contributed by atoms with van der Waals surface area (Å²) in [5.41, 5.74) is 3.27. The van der Waals surface area contributed by atoms with E-state index in [1.165, 1.54) is 42.9 Å². The van der Waals surface area contributed by atoms with E-state index in [1.54, 1.807) is 19.1 Å². The molecule has 1 N–H and O–H groups in total. The molecule has 1 aromatic carbocycles. The maximum Gasteiger partial charge on any atom is 0.379 e. The average Bonchev–Trinajstić information content (AvgIpc) is 3.24. The zero-order valence-corrected chi connectivity index (χ0v) is 15.1. The molecule has 0 bridgehead atoms. The standard InChI is InChI=1S/C19H14N4O6/c1-12-4-6-14(11-20-12)18(24)22-21-10-13-5-7-16(15(9-13)23(26)27)29-19(25)17-3-2-8-28-17/h2-11H,1H3,(H,22,24)/b21-10-. The summed E-state index contributed by atoms with van der Waals surface area (Å²) in [6.45, 7) is 1.79. The molecule has 0 radical (unpaired) electrons. The fourth-order valence-corrected chi connectivity index (χ4v) is 2.22. The predicted octanol–water partition coefficient (Wildman–Crippen LogP) is 2.87. The van der Waals surface area contributed by atoms with Gasteiger partial charge in [-0.25, -0.2) is 10.2 Å². The van der Waals surface area contributed by atoms with Gasteiger partial charge in [0.2, 0.25) is 11.5 Å². The Morgan fingerprint density at radius 1 is 1.28 bits per heavy atom. The minimum Gasteiger partial charge on any atom is -0.457 e. The Hall–Kier alpha value is -4.34. The summed E-state index contributed by atoms with van der Waals surface area (Å²) < 4.78 is 9.92. The summed E-state index contributed by atoms with van der Waals surface area (Å²) in [5, 5.41) is 15.1. The maximum absolute atomic E-state index is 12.0. The van der Waals surface area contributed by atoms with Gasteiger partial charge in [-0.15, -0.1) is 0 Å². The van der Waals surface area contributed by atoms with Crippen LogP contribution in [0.5, 0.6) is 5.75 Å². The molecule has 0 spiro atoms. The van der Waals surface area contributed by atoms with Crippen LogP contribution in [-0.4, -0.2) is 28.0 Å². The molecule has 0 fully saturated rings. The van der Waals surface area contributed by atoms with Crippen LogP contribution >= 0.6 is 0 Å². The minimum absolute atomic E-state index is 0.0850. The second-order valence-corrected chi connectivity index (χ2v) is 5.74. The van der Waals surface area contributed by atoms with Crippen molar-refractivity contribution in [1.29, 1.82) is 0 Å². The molecule has 0 saturated carbocycles. The molecule has 3 rings (SSSR count). The van der Waals surface area contributed by atoms with Gasteiger partial charge in [-0.3, -0.25) is 19.9 Å². The highest BCUT2D eigenvalue weighted by molar-refractivity contribution is 5.94. The van der Waals surface area contributed by atoms with Crippen molar-refractivity contribution >= 4 is 23.8 Å². The predicted molar refractivity (Wildman–Crippen MR) is 101 cm³/mol. The molecule has 0 atom stereocenters. The van der Waals surface area contributed by atoms with Crippen molar-refractivity contribution in [2.24, 2.45) is 5.10 Å². The SMILES string of the molecule is Cc1ccc(C(=O)N/N=C\c2ccc(OC(=O)c3ccco3)c([N+](=O)[O-])c2)cn1. The van der Waals surface area contributed by atoms with Crippen molar-refractivity contribution < 1.29 is 23.7 Å². The Morgan fingerprint density at radius 2 is 2.10 bits per heavy atom. The van der Waals surface area contributed by atoms with E-state index < -0.39 is 22.5 Å². The second kappa shape index (κ2) is 8.57. The van der Waals surface area contributed by atoms with Crippen LogP contribution in [0.1, 0.15) is 32.2 Å². The van der Waals surface area contributed by atoms with Gasteiger partial charge in [0.1, 0.15) is 0 Å². The molecule has 3 aromatic rings. The lowest BCUT2D eigenvalue weighted by Crippen LogP contribution is -2.17. The van der Waals surface area contributed by atoms with E-state index in [2.05, 4.69) is 15.5 Å². The fraction of sp³-hybridized carbons (Fsp3) is 0.0526. The van der Waals surface area contributed by atoms with Crippen LogP contribution in [0.4, 0.5) is 5.69 Å². The highest BCUT2D eigenvalue weighted by Gasteiger charge is 2.20. The van der Waals surface area contributed by atoms with Crippen molar-refractivity contribution in [3.8, 4) is 5.75 Å². The van der Waals surface area contributed by atoms with E-state index in [0.29, 0.717) is 11.1 Å². The summed E-state index contributed by atoms with van der Waals surface area (Å²) in [4.78, 5) is 38.5. The number of nitro benzene ring substituents is 1. The Morgan fingerprint density at radius 3 is 2.76 bits per heavy atom. The van der Waals surface area contributed by atoms with Gasteiger partial charge in [0.15, 0.2) is 0 Å². The monoisotopic (exact) mass is 394 g/mol. The molecular formula is C19H14N4O6. The number of rotatable bonds is 6. The van der Waals surface area contributed by atoms with Gasteiger partial charge in [0.25, 0.3) is 5.91 Å². The number of benzene rings is 1. The van der Waals surface area contributed by atoms with E-state index >= 15 is 0 Å². The molecule has 0 aliphatic carbocycles. The van der Waals surface area contributed by atoms with Crippen LogP contribution in [0.3, 0.4) is 0 Å². The summed E-state index contributed by atoms with van der Waals surface area (Å²) in [5.74, 6) is -1.67. The van der Waals surface area contributed by atoms with E-state index in [4.69, 9.17) is 9.15 Å². The number of carbonyl (C=O) groups is 2. The number of hydrogen-bond acceptors (Lipinski definition) is 8. The Kier molecular flexibility index (Phi) is 5.74. The van der Waals surface area contributed by atoms with Crippen molar-refractivity contribution in [1.82, 2.24) is 10.4 Å². The lowest BCUT2D eigenvalue weighted by atomic mass is 10.2. The number of hydrogen-bond donors (Lipinski definition) is 1. The first-order chi connectivity index (χ1) is 13.9. The summed E-state index contributed by atoms with van der Waals surface area (Å²) in [7, 11) is 0. The number of nitrogens with one attached hydrogen (secondary N) is 1. The van der Waals surface area contributed by atoms with Crippen LogP contribution in [0.25, 0.3) is 0 Å². The van der Waals surface area contributed by atoms with Gasteiger partial charge in [-0.1, -0.05) is 0 Å². The zero-order valence-electron chi connectivity index (χ0n) is 15.1. The molecule has 0 aliphatic rings. The number of hydrazone groups is 1. The Labute approximate surface area is 164 Å². The number of ether oxygens (including phenoxy) is 1. The number of nitrogens with zero attached hydrogens (tertiary/aromatic N) is 3. The maximum atomic E-state index is 12.0. The van der Waals surface area contributed by atoms with Gasteiger partial charge in [0, 0.05) is 23.5 Å². The molecule has 10 nitrogen and oxygen atoms in total. The van der Waals surface area contributed by atoms with Gasteiger partial charge < -0.3 is 9.15 Å².